The lowest BCUT2D eigenvalue weighted by Crippen LogP contribution is -1.95. The number of rotatable bonds is 2. The van der Waals surface area contributed by atoms with E-state index < -0.39 is 11.6 Å². The Balaban J connectivity index is 2.39. The number of anilines is 1. The number of nitrogens with two attached hydrogens (primary N) is 1. The van der Waals surface area contributed by atoms with Gasteiger partial charge in [0.1, 0.15) is 11.6 Å². The predicted octanol–water partition coefficient (Wildman–Crippen LogP) is 3.67. The molecule has 0 atom stereocenters. The Morgan fingerprint density at radius 1 is 1.41 bits per heavy atom. The van der Waals surface area contributed by atoms with Gasteiger partial charge in [0.25, 0.3) is 0 Å². The van der Waals surface area contributed by atoms with Crippen LogP contribution in [0.4, 0.5) is 13.9 Å². The van der Waals surface area contributed by atoms with E-state index in [0.717, 1.165) is 16.6 Å². The molecular weight excluding hydrogens is 310 g/mol. The third kappa shape index (κ3) is 2.63. The van der Waals surface area contributed by atoms with Crippen molar-refractivity contribution in [1.82, 2.24) is 4.98 Å². The molecule has 0 fully saturated rings. The number of aryl methyl sites for hydroxylation is 1. The molecule has 0 amide bonds. The van der Waals surface area contributed by atoms with Crippen LogP contribution in [0.3, 0.4) is 0 Å². The Morgan fingerprint density at radius 2 is 2.12 bits per heavy atom. The lowest BCUT2D eigenvalue weighted by molar-refractivity contribution is 0.573. The molecule has 1 aromatic heterocycles. The van der Waals surface area contributed by atoms with E-state index in [0.29, 0.717) is 21.6 Å². The Morgan fingerprint density at radius 3 is 2.65 bits per heavy atom. The molecule has 0 saturated carbocycles. The van der Waals surface area contributed by atoms with E-state index in [1.165, 1.54) is 17.4 Å². The molecule has 0 radical (unpaired) electrons. The largest absolute Gasteiger partial charge is 0.375 e. The van der Waals surface area contributed by atoms with Crippen LogP contribution in [0.15, 0.2) is 16.6 Å². The van der Waals surface area contributed by atoms with Crippen LogP contribution in [-0.4, -0.2) is 4.98 Å². The topological polar surface area (TPSA) is 38.9 Å². The highest BCUT2D eigenvalue weighted by atomic mass is 79.9. The van der Waals surface area contributed by atoms with Crippen molar-refractivity contribution >= 4 is 32.4 Å². The van der Waals surface area contributed by atoms with Gasteiger partial charge in [-0.3, -0.25) is 0 Å². The lowest BCUT2D eigenvalue weighted by atomic mass is 10.1. The van der Waals surface area contributed by atoms with Gasteiger partial charge in [-0.1, -0.05) is 15.9 Å². The molecule has 0 aliphatic carbocycles. The minimum absolute atomic E-state index is 0.355. The number of hydrogen-bond donors (Lipinski definition) is 1. The highest BCUT2D eigenvalue weighted by Crippen LogP contribution is 2.28. The second-order valence-electron chi connectivity index (χ2n) is 3.59. The number of halogens is 3. The van der Waals surface area contributed by atoms with Gasteiger partial charge in [0.05, 0.1) is 5.69 Å². The summed E-state index contributed by atoms with van der Waals surface area (Å²) < 4.78 is 27.0. The SMILES string of the molecule is Cc1nc(N)sc1Cc1c(F)cc(F)cc1Br. The van der Waals surface area contributed by atoms with Gasteiger partial charge in [-0.05, 0) is 13.0 Å². The quantitative estimate of drug-likeness (QED) is 0.917. The van der Waals surface area contributed by atoms with E-state index in [4.69, 9.17) is 5.73 Å². The van der Waals surface area contributed by atoms with Crippen molar-refractivity contribution in [3.8, 4) is 0 Å². The zero-order valence-electron chi connectivity index (χ0n) is 8.93. The first-order valence-electron chi connectivity index (χ1n) is 4.82. The van der Waals surface area contributed by atoms with Crippen LogP contribution in [0.2, 0.25) is 0 Å². The summed E-state index contributed by atoms with van der Waals surface area (Å²) in [6.45, 7) is 1.82. The molecule has 0 aliphatic heterocycles. The maximum Gasteiger partial charge on any atom is 0.180 e. The van der Waals surface area contributed by atoms with E-state index in [1.54, 1.807) is 0 Å². The highest BCUT2D eigenvalue weighted by Gasteiger charge is 2.13. The third-order valence-corrected chi connectivity index (χ3v) is 4.05. The molecule has 0 aliphatic rings. The van der Waals surface area contributed by atoms with Crippen molar-refractivity contribution in [3.63, 3.8) is 0 Å². The first-order valence-corrected chi connectivity index (χ1v) is 6.43. The molecule has 0 bridgehead atoms. The van der Waals surface area contributed by atoms with Crippen molar-refractivity contribution < 1.29 is 8.78 Å². The number of nitrogens with zero attached hydrogens (tertiary/aromatic N) is 1. The Hall–Kier alpha value is -1.01. The summed E-state index contributed by atoms with van der Waals surface area (Å²) in [5, 5.41) is 0.455. The average molecular weight is 319 g/mol. The van der Waals surface area contributed by atoms with Gasteiger partial charge in [-0.25, -0.2) is 13.8 Å². The fraction of sp³-hybridized carbons (Fsp3) is 0.182. The van der Waals surface area contributed by atoms with Gasteiger partial charge in [-0.15, -0.1) is 11.3 Å². The van der Waals surface area contributed by atoms with E-state index in [-0.39, 0.29) is 0 Å². The summed E-state index contributed by atoms with van der Waals surface area (Å²) in [7, 11) is 0. The first kappa shape index (κ1) is 12.4. The average Bonchev–Trinajstić information content (AvgIpc) is 2.51. The molecule has 17 heavy (non-hydrogen) atoms. The van der Waals surface area contributed by atoms with Crippen molar-refractivity contribution in [2.75, 3.05) is 5.73 Å². The van der Waals surface area contributed by atoms with Crippen LogP contribution in [0, 0.1) is 18.6 Å². The second-order valence-corrected chi connectivity index (χ2v) is 5.55. The fourth-order valence-electron chi connectivity index (χ4n) is 1.52. The van der Waals surface area contributed by atoms with Crippen LogP contribution >= 0.6 is 27.3 Å². The molecule has 2 rings (SSSR count). The van der Waals surface area contributed by atoms with Crippen LogP contribution in [0.25, 0.3) is 0 Å². The molecule has 0 unspecified atom stereocenters. The van der Waals surface area contributed by atoms with Gasteiger partial charge >= 0.3 is 0 Å². The summed E-state index contributed by atoms with van der Waals surface area (Å²) in [4.78, 5) is 4.95. The Bertz CT molecular complexity index is 546. The number of thiazole rings is 1. The summed E-state index contributed by atoms with van der Waals surface area (Å²) in [5.41, 5.74) is 6.77. The van der Waals surface area contributed by atoms with Gasteiger partial charge < -0.3 is 5.73 Å². The molecular formula is C11H9BrF2N2S. The van der Waals surface area contributed by atoms with Crippen LogP contribution in [0.1, 0.15) is 16.1 Å². The van der Waals surface area contributed by atoms with Crippen LogP contribution < -0.4 is 5.73 Å². The van der Waals surface area contributed by atoms with E-state index in [9.17, 15) is 8.78 Å². The number of aromatic nitrogens is 1. The second kappa shape index (κ2) is 4.70. The Labute approximate surface area is 110 Å². The van der Waals surface area contributed by atoms with Crippen LogP contribution in [0.5, 0.6) is 0 Å². The third-order valence-electron chi connectivity index (χ3n) is 2.35. The number of nitrogen functional groups attached to an aromatic ring is 1. The van der Waals surface area contributed by atoms with Crippen molar-refractivity contribution in [3.05, 3.63) is 44.4 Å². The van der Waals surface area contributed by atoms with E-state index in [2.05, 4.69) is 20.9 Å². The smallest absolute Gasteiger partial charge is 0.180 e. The van der Waals surface area contributed by atoms with Crippen LogP contribution in [-0.2, 0) is 6.42 Å². The highest BCUT2D eigenvalue weighted by molar-refractivity contribution is 9.10. The zero-order valence-corrected chi connectivity index (χ0v) is 11.3. The maximum atomic E-state index is 13.6. The molecule has 0 saturated heterocycles. The number of benzene rings is 1. The lowest BCUT2D eigenvalue weighted by Gasteiger charge is -2.05. The molecule has 1 heterocycles. The summed E-state index contributed by atoms with van der Waals surface area (Å²) in [5.74, 6) is -1.16. The van der Waals surface area contributed by atoms with Gasteiger partial charge in [0, 0.05) is 27.4 Å². The zero-order chi connectivity index (χ0) is 12.6. The van der Waals surface area contributed by atoms with Crippen molar-refractivity contribution in [2.45, 2.75) is 13.3 Å². The number of hydrogen-bond acceptors (Lipinski definition) is 3. The standard InChI is InChI=1S/C11H9BrF2N2S/c1-5-10(17-11(15)16-5)4-7-8(12)2-6(13)3-9(7)14/h2-3H,4H2,1H3,(H2,15,16). The molecule has 2 N–H and O–H groups in total. The van der Waals surface area contributed by atoms with Crippen molar-refractivity contribution in [2.24, 2.45) is 0 Å². The first-order chi connectivity index (χ1) is 7.97. The van der Waals surface area contributed by atoms with Gasteiger partial charge in [0.15, 0.2) is 5.13 Å². The Kier molecular flexibility index (Phi) is 3.44. The molecule has 1 aromatic carbocycles. The summed E-state index contributed by atoms with van der Waals surface area (Å²) in [6.07, 6.45) is 0.355. The van der Waals surface area contributed by atoms with Gasteiger partial charge in [-0.2, -0.15) is 0 Å². The van der Waals surface area contributed by atoms with Crippen molar-refractivity contribution in [1.29, 1.82) is 0 Å². The fourth-order valence-corrected chi connectivity index (χ4v) is 2.91. The molecule has 6 heteroatoms. The summed E-state index contributed by atoms with van der Waals surface area (Å²) in [6, 6.07) is 2.12. The monoisotopic (exact) mass is 318 g/mol. The molecule has 2 aromatic rings. The molecule has 90 valence electrons. The van der Waals surface area contributed by atoms with E-state index >= 15 is 0 Å². The van der Waals surface area contributed by atoms with Gasteiger partial charge in [0.2, 0.25) is 0 Å². The molecule has 2 nitrogen and oxygen atoms in total. The minimum Gasteiger partial charge on any atom is -0.375 e. The maximum absolute atomic E-state index is 13.6. The minimum atomic E-state index is -0.598. The summed E-state index contributed by atoms with van der Waals surface area (Å²) >= 11 is 4.48. The van der Waals surface area contributed by atoms with E-state index in [1.807, 2.05) is 6.92 Å². The molecule has 0 spiro atoms. The predicted molar refractivity (Wildman–Crippen MR) is 68.1 cm³/mol. The normalized spacial score (nSPS) is 10.8.